The van der Waals surface area contributed by atoms with Crippen LogP contribution in [0.4, 0.5) is 0 Å². The molecule has 1 aliphatic heterocycles. The van der Waals surface area contributed by atoms with Crippen LogP contribution >= 0.6 is 10.9 Å². The van der Waals surface area contributed by atoms with Crippen molar-refractivity contribution in [3.05, 3.63) is 47.0 Å². The molecule has 1 aliphatic rings. The Morgan fingerprint density at radius 3 is 2.56 bits per heavy atom. The minimum absolute atomic E-state index is 0.406. The number of aromatic hydroxyl groups is 1. The average molecular weight is 259 g/mol. The summed E-state index contributed by atoms with van der Waals surface area (Å²) >= 11 is 0. The normalized spacial score (nSPS) is 20.3. The largest absolute Gasteiger partial charge is 0.507 e. The first kappa shape index (κ1) is 11.5. The van der Waals surface area contributed by atoms with Crippen molar-refractivity contribution < 1.29 is 5.11 Å². The van der Waals surface area contributed by atoms with Crippen molar-refractivity contribution in [2.24, 2.45) is 0 Å². The summed E-state index contributed by atoms with van der Waals surface area (Å²) in [7, 11) is -0.564. The summed E-state index contributed by atoms with van der Waals surface area (Å²) in [6, 6.07) is 9.92. The van der Waals surface area contributed by atoms with Gasteiger partial charge < -0.3 is 9.67 Å². The lowest BCUT2D eigenvalue weighted by Gasteiger charge is -2.18. The zero-order valence-corrected chi connectivity index (χ0v) is 11.7. The van der Waals surface area contributed by atoms with Crippen LogP contribution in [-0.4, -0.2) is 9.67 Å². The van der Waals surface area contributed by atoms with Crippen molar-refractivity contribution in [1.82, 2.24) is 4.57 Å². The fraction of sp³-hybridized carbons (Fsp3) is 0.200. The molecule has 1 N–H and O–H groups in total. The van der Waals surface area contributed by atoms with Crippen LogP contribution in [0.2, 0.25) is 0 Å². The molecule has 0 bridgehead atoms. The molecule has 1 atom stereocenters. The molecule has 0 aliphatic carbocycles. The smallest absolute Gasteiger partial charge is 0.128 e. The highest BCUT2D eigenvalue weighted by atomic mass is 32.2. The number of fused-ring (bicyclic) bond motifs is 1. The quantitative estimate of drug-likeness (QED) is 0.739. The first-order valence-corrected chi connectivity index (χ1v) is 7.38. The van der Waals surface area contributed by atoms with Gasteiger partial charge in [0.15, 0.2) is 0 Å². The second-order valence-corrected chi connectivity index (χ2v) is 7.02. The number of aromatic nitrogens is 1. The number of para-hydroxylation sites is 1. The molecule has 0 saturated heterocycles. The van der Waals surface area contributed by atoms with Crippen LogP contribution in [0.1, 0.15) is 19.4 Å². The van der Waals surface area contributed by atoms with Gasteiger partial charge in [-0.1, -0.05) is 12.1 Å². The Morgan fingerprint density at radius 2 is 1.83 bits per heavy atom. The molecule has 2 aromatic rings. The zero-order valence-electron chi connectivity index (χ0n) is 10.8. The molecule has 94 valence electrons. The number of benzene rings is 1. The Hall–Kier alpha value is -1.61. The molecule has 0 amide bonds. The molecule has 0 spiro atoms. The highest BCUT2D eigenvalue weighted by Gasteiger charge is 2.26. The van der Waals surface area contributed by atoms with E-state index in [1.54, 1.807) is 6.07 Å². The van der Waals surface area contributed by atoms with Gasteiger partial charge in [-0.2, -0.15) is 10.9 Å². The van der Waals surface area contributed by atoms with Crippen LogP contribution < -0.4 is 0 Å². The first-order valence-electron chi connectivity index (χ1n) is 6.04. The summed E-state index contributed by atoms with van der Waals surface area (Å²) in [5, 5.41) is 11.4. The molecule has 3 heteroatoms. The van der Waals surface area contributed by atoms with Crippen molar-refractivity contribution in [3.8, 4) is 5.75 Å². The topological polar surface area (TPSA) is 25.2 Å². The maximum atomic E-state index is 10.1. The summed E-state index contributed by atoms with van der Waals surface area (Å²) in [6.07, 6.45) is 2.18. The van der Waals surface area contributed by atoms with Crippen molar-refractivity contribution in [1.29, 1.82) is 0 Å². The Morgan fingerprint density at radius 1 is 1.11 bits per heavy atom. The van der Waals surface area contributed by atoms with E-state index in [1.165, 1.54) is 21.2 Å². The lowest BCUT2D eigenvalue weighted by molar-refractivity contribution is 0.462. The lowest BCUT2D eigenvalue weighted by atomic mass is 10.3. The third-order valence-electron chi connectivity index (χ3n) is 3.51. The number of phenolic OH excluding ortho intramolecular Hbond substituents is 1. The Balaban J connectivity index is 2.22. The molecule has 3 rings (SSSR count). The number of aryl methyl sites for hydroxylation is 1. The maximum absolute atomic E-state index is 10.1. The number of nitrogens with zero attached hydrogens (tertiary/aromatic N) is 1. The SMILES string of the molecule is CC1=C(C)[SH](c2ccccc2O)c2cc(C)cn21. The minimum atomic E-state index is -0.564. The third-order valence-corrected chi connectivity index (χ3v) is 6.17. The summed E-state index contributed by atoms with van der Waals surface area (Å²) in [5.41, 5.74) is 2.58. The van der Waals surface area contributed by atoms with Gasteiger partial charge in [-0.3, -0.25) is 0 Å². The number of allylic oxidation sites excluding steroid dienone is 2. The highest BCUT2D eigenvalue weighted by Crippen LogP contribution is 2.59. The number of phenols is 1. The van der Waals surface area contributed by atoms with Crippen molar-refractivity contribution in [2.75, 3.05) is 0 Å². The first-order chi connectivity index (χ1) is 8.59. The van der Waals surface area contributed by atoms with Crippen LogP contribution in [0.15, 0.2) is 51.4 Å². The molecular weight excluding hydrogens is 242 g/mol. The van der Waals surface area contributed by atoms with E-state index in [-0.39, 0.29) is 0 Å². The van der Waals surface area contributed by atoms with Crippen LogP contribution in [-0.2, 0) is 0 Å². The van der Waals surface area contributed by atoms with E-state index in [9.17, 15) is 5.11 Å². The fourth-order valence-corrected chi connectivity index (χ4v) is 5.16. The second kappa shape index (κ2) is 3.95. The molecule has 1 unspecified atom stereocenters. The van der Waals surface area contributed by atoms with Gasteiger partial charge >= 0.3 is 0 Å². The number of rotatable bonds is 1. The van der Waals surface area contributed by atoms with Crippen molar-refractivity contribution in [3.63, 3.8) is 0 Å². The van der Waals surface area contributed by atoms with Gasteiger partial charge in [0.25, 0.3) is 0 Å². The third kappa shape index (κ3) is 1.51. The second-order valence-electron chi connectivity index (χ2n) is 4.74. The Labute approximate surface area is 110 Å². The predicted molar refractivity (Wildman–Crippen MR) is 77.4 cm³/mol. The van der Waals surface area contributed by atoms with Gasteiger partial charge in [-0.15, -0.1) is 0 Å². The zero-order chi connectivity index (χ0) is 12.9. The number of hydrogen-bond acceptors (Lipinski definition) is 1. The van der Waals surface area contributed by atoms with Gasteiger partial charge in [0.1, 0.15) is 5.75 Å². The van der Waals surface area contributed by atoms with Crippen LogP contribution in [0.3, 0.4) is 0 Å². The average Bonchev–Trinajstić information content (AvgIpc) is 2.81. The summed E-state index contributed by atoms with van der Waals surface area (Å²) in [5.74, 6) is 0.406. The van der Waals surface area contributed by atoms with E-state index in [0.29, 0.717) is 5.75 Å². The van der Waals surface area contributed by atoms with E-state index in [4.69, 9.17) is 0 Å². The van der Waals surface area contributed by atoms with E-state index in [1.807, 2.05) is 18.2 Å². The van der Waals surface area contributed by atoms with Gasteiger partial charge in [-0.05, 0) is 49.4 Å². The summed E-state index contributed by atoms with van der Waals surface area (Å²) in [4.78, 5) is 2.43. The van der Waals surface area contributed by atoms with Crippen LogP contribution in [0.5, 0.6) is 5.75 Å². The lowest BCUT2D eigenvalue weighted by Crippen LogP contribution is -1.87. The van der Waals surface area contributed by atoms with E-state index >= 15 is 0 Å². The molecule has 2 heterocycles. The monoisotopic (exact) mass is 259 g/mol. The van der Waals surface area contributed by atoms with E-state index in [2.05, 4.69) is 37.6 Å². The van der Waals surface area contributed by atoms with Gasteiger partial charge in [0.05, 0.1) is 5.03 Å². The van der Waals surface area contributed by atoms with Crippen LogP contribution in [0.25, 0.3) is 5.70 Å². The fourth-order valence-electron chi connectivity index (χ4n) is 2.49. The Kier molecular flexibility index (Phi) is 2.52. The molecule has 0 radical (unpaired) electrons. The van der Waals surface area contributed by atoms with E-state index in [0.717, 1.165) is 4.90 Å². The predicted octanol–water partition coefficient (Wildman–Crippen LogP) is 4.14. The molecular formula is C15H17NOS. The van der Waals surface area contributed by atoms with Crippen molar-refractivity contribution in [2.45, 2.75) is 30.7 Å². The summed E-state index contributed by atoms with van der Waals surface area (Å²) < 4.78 is 2.27. The molecule has 0 saturated carbocycles. The molecule has 1 aromatic heterocycles. The van der Waals surface area contributed by atoms with E-state index < -0.39 is 10.9 Å². The van der Waals surface area contributed by atoms with Crippen LogP contribution in [0, 0.1) is 6.92 Å². The van der Waals surface area contributed by atoms with Gasteiger partial charge in [0, 0.05) is 16.8 Å². The molecule has 18 heavy (non-hydrogen) atoms. The summed E-state index contributed by atoms with van der Waals surface area (Å²) in [6.45, 7) is 6.45. The van der Waals surface area contributed by atoms with Gasteiger partial charge in [0.2, 0.25) is 0 Å². The van der Waals surface area contributed by atoms with Gasteiger partial charge in [-0.25, -0.2) is 0 Å². The number of thiol groups is 1. The van der Waals surface area contributed by atoms with Crippen molar-refractivity contribution >= 4 is 16.6 Å². The molecule has 0 fully saturated rings. The highest BCUT2D eigenvalue weighted by molar-refractivity contribution is 8.20. The molecule has 1 aromatic carbocycles. The standard InChI is InChI=1S/C15H17NOS/c1-10-8-15-16(9-10)11(2)12(3)18(15)14-7-5-4-6-13(14)17/h4-9,17-18H,1-3H3. The molecule has 2 nitrogen and oxygen atoms in total. The maximum Gasteiger partial charge on any atom is 0.128 e. The Bertz CT molecular complexity index is 654. The number of hydrogen-bond donors (Lipinski definition) is 2. The minimum Gasteiger partial charge on any atom is -0.507 e.